The van der Waals surface area contributed by atoms with Gasteiger partial charge in [0.2, 0.25) is 0 Å². The van der Waals surface area contributed by atoms with E-state index < -0.39 is 8.07 Å². The second kappa shape index (κ2) is 4.30. The van der Waals surface area contributed by atoms with E-state index in [4.69, 9.17) is 0 Å². The average Bonchev–Trinajstić information content (AvgIpc) is 2.63. The Hall–Kier alpha value is -0.673. The molecule has 1 unspecified atom stereocenters. The summed E-state index contributed by atoms with van der Waals surface area (Å²) in [7, 11) is 1.00. The van der Waals surface area contributed by atoms with Crippen LogP contribution in [0.1, 0.15) is 24.4 Å². The van der Waals surface area contributed by atoms with E-state index in [-0.39, 0.29) is 0 Å². The minimum absolute atomic E-state index is 0.601. The molecular weight excluding hydrogens is 212 g/mol. The van der Waals surface area contributed by atoms with Crippen molar-refractivity contribution in [3.05, 3.63) is 24.0 Å². The van der Waals surface area contributed by atoms with Crippen molar-refractivity contribution in [2.75, 3.05) is 13.6 Å². The van der Waals surface area contributed by atoms with Gasteiger partial charge in [0.25, 0.3) is 0 Å². The zero-order chi connectivity index (χ0) is 11.8. The van der Waals surface area contributed by atoms with E-state index >= 15 is 0 Å². The van der Waals surface area contributed by atoms with Crippen LogP contribution in [-0.4, -0.2) is 31.6 Å². The van der Waals surface area contributed by atoms with Gasteiger partial charge in [0.1, 0.15) is 0 Å². The normalized spacial score (nSPS) is 22.6. The van der Waals surface area contributed by atoms with Gasteiger partial charge in [-0.3, -0.25) is 9.88 Å². The molecule has 2 rings (SSSR count). The fourth-order valence-corrected chi connectivity index (χ4v) is 3.44. The van der Waals surface area contributed by atoms with Gasteiger partial charge in [0.05, 0.1) is 8.07 Å². The topological polar surface area (TPSA) is 16.1 Å². The Kier molecular flexibility index (Phi) is 3.17. The number of hydrogen-bond acceptors (Lipinski definition) is 2. The molecule has 0 bridgehead atoms. The van der Waals surface area contributed by atoms with Crippen molar-refractivity contribution in [2.45, 2.75) is 38.5 Å². The molecule has 88 valence electrons. The highest BCUT2D eigenvalue weighted by Crippen LogP contribution is 2.29. The lowest BCUT2D eigenvalue weighted by molar-refractivity contribution is 0.317. The largest absolute Gasteiger partial charge is 0.299 e. The van der Waals surface area contributed by atoms with Gasteiger partial charge < -0.3 is 0 Å². The Balaban J connectivity index is 2.29. The van der Waals surface area contributed by atoms with Crippen molar-refractivity contribution in [2.24, 2.45) is 0 Å². The van der Waals surface area contributed by atoms with E-state index in [9.17, 15) is 0 Å². The lowest BCUT2D eigenvalue weighted by Crippen LogP contribution is -2.38. The summed E-state index contributed by atoms with van der Waals surface area (Å²) < 4.78 is 0. The van der Waals surface area contributed by atoms with Gasteiger partial charge in [0.15, 0.2) is 0 Å². The second-order valence-electron chi connectivity index (χ2n) is 5.90. The fourth-order valence-electron chi connectivity index (χ4n) is 2.38. The molecule has 1 aromatic heterocycles. The van der Waals surface area contributed by atoms with E-state index in [2.05, 4.69) is 55.0 Å². The molecule has 0 spiro atoms. The Labute approximate surface area is 99.7 Å². The van der Waals surface area contributed by atoms with Crippen LogP contribution < -0.4 is 5.19 Å². The van der Waals surface area contributed by atoms with Crippen molar-refractivity contribution < 1.29 is 0 Å². The standard InChI is InChI=1S/C13H22N2Si/c1-15-7-5-6-13(15)11-8-12(10-14-9-11)16(2,3)4/h8-10,13H,5-7H2,1-4H3. The molecule has 0 aromatic carbocycles. The van der Waals surface area contributed by atoms with Gasteiger partial charge >= 0.3 is 0 Å². The van der Waals surface area contributed by atoms with Crippen LogP contribution in [-0.2, 0) is 0 Å². The Morgan fingerprint density at radius 3 is 2.62 bits per heavy atom. The van der Waals surface area contributed by atoms with Crippen LogP contribution in [0.4, 0.5) is 0 Å². The van der Waals surface area contributed by atoms with Crippen LogP contribution >= 0.6 is 0 Å². The van der Waals surface area contributed by atoms with Crippen molar-refractivity contribution in [1.82, 2.24) is 9.88 Å². The molecule has 1 aliphatic rings. The van der Waals surface area contributed by atoms with E-state index in [0.29, 0.717) is 6.04 Å². The molecule has 0 N–H and O–H groups in total. The molecule has 0 amide bonds. The molecular formula is C13H22N2Si. The van der Waals surface area contributed by atoms with Gasteiger partial charge in [-0.15, -0.1) is 0 Å². The summed E-state index contributed by atoms with van der Waals surface area (Å²) >= 11 is 0. The van der Waals surface area contributed by atoms with E-state index in [0.717, 1.165) is 0 Å². The molecule has 1 saturated heterocycles. The molecule has 1 aliphatic heterocycles. The predicted octanol–water partition coefficient (Wildman–Crippen LogP) is 2.39. The predicted molar refractivity (Wildman–Crippen MR) is 71.8 cm³/mol. The van der Waals surface area contributed by atoms with Crippen LogP contribution in [0, 0.1) is 0 Å². The Morgan fingerprint density at radius 1 is 1.31 bits per heavy atom. The first-order valence-electron chi connectivity index (χ1n) is 6.14. The first kappa shape index (κ1) is 11.8. The van der Waals surface area contributed by atoms with E-state index in [1.807, 2.05) is 0 Å². The summed E-state index contributed by atoms with van der Waals surface area (Å²) in [5, 5.41) is 1.48. The lowest BCUT2D eigenvalue weighted by atomic mass is 10.1. The zero-order valence-electron chi connectivity index (χ0n) is 10.8. The third-order valence-electron chi connectivity index (χ3n) is 3.53. The number of aromatic nitrogens is 1. The molecule has 0 aliphatic carbocycles. The first-order chi connectivity index (χ1) is 7.48. The highest BCUT2D eigenvalue weighted by atomic mass is 28.3. The smallest absolute Gasteiger partial charge is 0.0796 e. The van der Waals surface area contributed by atoms with Crippen LogP contribution in [0.25, 0.3) is 0 Å². The first-order valence-corrected chi connectivity index (χ1v) is 9.64. The third kappa shape index (κ3) is 2.35. The summed E-state index contributed by atoms with van der Waals surface area (Å²) in [6.45, 7) is 8.37. The quantitative estimate of drug-likeness (QED) is 0.731. The second-order valence-corrected chi connectivity index (χ2v) is 11.0. The molecule has 16 heavy (non-hydrogen) atoms. The van der Waals surface area contributed by atoms with E-state index in [1.165, 1.54) is 30.1 Å². The summed E-state index contributed by atoms with van der Waals surface area (Å²) in [6, 6.07) is 3.00. The maximum Gasteiger partial charge on any atom is 0.0796 e. The number of rotatable bonds is 2. The molecule has 2 nitrogen and oxygen atoms in total. The Morgan fingerprint density at radius 2 is 2.06 bits per heavy atom. The minimum Gasteiger partial charge on any atom is -0.299 e. The number of nitrogens with zero attached hydrogens (tertiary/aromatic N) is 2. The summed E-state index contributed by atoms with van der Waals surface area (Å²) in [6.07, 6.45) is 6.71. The molecule has 1 aromatic rings. The van der Waals surface area contributed by atoms with Crippen molar-refractivity contribution in [3.8, 4) is 0 Å². The average molecular weight is 234 g/mol. The minimum atomic E-state index is -1.22. The summed E-state index contributed by atoms with van der Waals surface area (Å²) in [4.78, 5) is 6.89. The van der Waals surface area contributed by atoms with E-state index in [1.54, 1.807) is 0 Å². The molecule has 0 saturated carbocycles. The Bertz CT molecular complexity index is 370. The maximum atomic E-state index is 4.44. The van der Waals surface area contributed by atoms with Gasteiger partial charge in [-0.05, 0) is 37.2 Å². The van der Waals surface area contributed by atoms with Crippen molar-refractivity contribution >= 4 is 13.3 Å². The van der Waals surface area contributed by atoms with Crippen molar-refractivity contribution in [3.63, 3.8) is 0 Å². The van der Waals surface area contributed by atoms with Crippen LogP contribution in [0.5, 0.6) is 0 Å². The zero-order valence-corrected chi connectivity index (χ0v) is 11.8. The van der Waals surface area contributed by atoms with Crippen LogP contribution in [0.3, 0.4) is 0 Å². The van der Waals surface area contributed by atoms with Crippen LogP contribution in [0.15, 0.2) is 18.5 Å². The van der Waals surface area contributed by atoms with Gasteiger partial charge in [0, 0.05) is 18.4 Å². The lowest BCUT2D eigenvalue weighted by Gasteiger charge is -2.22. The number of hydrogen-bond donors (Lipinski definition) is 0. The summed E-state index contributed by atoms with van der Waals surface area (Å²) in [5.41, 5.74) is 1.42. The third-order valence-corrected chi connectivity index (χ3v) is 5.54. The van der Waals surface area contributed by atoms with Gasteiger partial charge in [-0.2, -0.15) is 0 Å². The summed E-state index contributed by atoms with van der Waals surface area (Å²) in [5.74, 6) is 0. The highest BCUT2D eigenvalue weighted by molar-refractivity contribution is 6.88. The van der Waals surface area contributed by atoms with Crippen LogP contribution in [0.2, 0.25) is 19.6 Å². The SMILES string of the molecule is CN1CCCC1c1cncc([Si](C)(C)C)c1. The number of likely N-dealkylation sites (tertiary alicyclic amines) is 1. The molecule has 1 atom stereocenters. The number of pyridine rings is 1. The highest BCUT2D eigenvalue weighted by Gasteiger charge is 2.24. The molecule has 3 heteroatoms. The monoisotopic (exact) mass is 234 g/mol. The van der Waals surface area contributed by atoms with Gasteiger partial charge in [-0.25, -0.2) is 0 Å². The van der Waals surface area contributed by atoms with Crippen molar-refractivity contribution in [1.29, 1.82) is 0 Å². The molecule has 2 heterocycles. The molecule has 0 radical (unpaired) electrons. The van der Waals surface area contributed by atoms with Gasteiger partial charge in [-0.1, -0.05) is 25.7 Å². The maximum absolute atomic E-state index is 4.44. The fraction of sp³-hybridized carbons (Fsp3) is 0.615. The molecule has 1 fully saturated rings.